The van der Waals surface area contributed by atoms with Crippen LogP contribution < -0.4 is 0 Å². The molecule has 0 aliphatic heterocycles. The Labute approximate surface area is 83.0 Å². The van der Waals surface area contributed by atoms with Gasteiger partial charge in [-0.15, -0.1) is 0 Å². The van der Waals surface area contributed by atoms with Gasteiger partial charge in [0, 0.05) is 0 Å². The van der Waals surface area contributed by atoms with Crippen LogP contribution in [0.3, 0.4) is 0 Å². The minimum atomic E-state index is -1.13. The summed E-state index contributed by atoms with van der Waals surface area (Å²) >= 11 is 0. The number of aliphatic hydroxyl groups is 1. The first-order valence-corrected chi connectivity index (χ1v) is 4.39. The molecule has 0 aliphatic rings. The van der Waals surface area contributed by atoms with Gasteiger partial charge < -0.3 is 10.2 Å². The van der Waals surface area contributed by atoms with Crippen LogP contribution in [0.5, 0.6) is 0 Å². The van der Waals surface area contributed by atoms with Gasteiger partial charge in [0.15, 0.2) is 0 Å². The van der Waals surface area contributed by atoms with E-state index in [9.17, 15) is 9.90 Å². The average molecular weight is 194 g/mol. The van der Waals surface area contributed by atoms with Crippen molar-refractivity contribution < 1.29 is 15.0 Å². The van der Waals surface area contributed by atoms with Crippen molar-refractivity contribution in [3.8, 4) is 0 Å². The molecule has 0 aromatic heterocycles. The largest absolute Gasteiger partial charge is 0.478 e. The highest BCUT2D eigenvalue weighted by Crippen LogP contribution is 2.24. The number of aromatic carboxylic acids is 1. The molecule has 0 bridgehead atoms. The lowest BCUT2D eigenvalue weighted by Gasteiger charge is -2.20. The van der Waals surface area contributed by atoms with Crippen molar-refractivity contribution in [2.24, 2.45) is 0 Å². The van der Waals surface area contributed by atoms with Crippen LogP contribution in [-0.4, -0.2) is 16.2 Å². The molecule has 0 atom stereocenters. The summed E-state index contributed by atoms with van der Waals surface area (Å²) in [7, 11) is 0. The third-order valence-electron chi connectivity index (χ3n) is 2.06. The fourth-order valence-corrected chi connectivity index (χ4v) is 1.35. The van der Waals surface area contributed by atoms with Gasteiger partial charge in [-0.2, -0.15) is 0 Å². The van der Waals surface area contributed by atoms with Crippen LogP contribution in [0.1, 0.15) is 35.3 Å². The molecule has 3 heteroatoms. The molecule has 14 heavy (non-hydrogen) atoms. The molecule has 0 saturated carbocycles. The Hall–Kier alpha value is -1.35. The molecule has 0 fully saturated rings. The lowest BCUT2D eigenvalue weighted by molar-refractivity contribution is 0.0630. The molecule has 0 amide bonds. The van der Waals surface area contributed by atoms with E-state index in [0.29, 0.717) is 5.56 Å². The molecule has 1 aromatic carbocycles. The van der Waals surface area contributed by atoms with Gasteiger partial charge in [0.2, 0.25) is 0 Å². The Morgan fingerprint density at radius 2 is 1.93 bits per heavy atom. The number of hydrogen-bond donors (Lipinski definition) is 2. The molecule has 76 valence electrons. The predicted molar refractivity (Wildman–Crippen MR) is 53.4 cm³/mol. The molecular formula is C11H14O3. The fraction of sp³-hybridized carbons (Fsp3) is 0.364. The van der Waals surface area contributed by atoms with E-state index in [4.69, 9.17) is 5.11 Å². The van der Waals surface area contributed by atoms with Crippen LogP contribution in [0, 0.1) is 6.92 Å². The molecule has 1 aromatic rings. The lowest BCUT2D eigenvalue weighted by atomic mass is 9.92. The number of rotatable bonds is 2. The maximum atomic E-state index is 10.9. The van der Waals surface area contributed by atoms with Gasteiger partial charge in [0.1, 0.15) is 0 Å². The first-order chi connectivity index (χ1) is 6.32. The second-order valence-electron chi connectivity index (χ2n) is 3.91. The summed E-state index contributed by atoms with van der Waals surface area (Å²) in [5, 5.41) is 18.7. The highest BCUT2D eigenvalue weighted by atomic mass is 16.4. The second kappa shape index (κ2) is 3.42. The molecule has 3 nitrogen and oxygen atoms in total. The van der Waals surface area contributed by atoms with Crippen molar-refractivity contribution >= 4 is 5.97 Å². The SMILES string of the molecule is Cc1ccc(C(=O)O)c(C(C)(C)O)c1. The third-order valence-corrected chi connectivity index (χ3v) is 2.06. The molecule has 0 radical (unpaired) electrons. The van der Waals surface area contributed by atoms with Crippen LogP contribution in [0.15, 0.2) is 18.2 Å². The fourth-order valence-electron chi connectivity index (χ4n) is 1.35. The maximum absolute atomic E-state index is 10.9. The summed E-state index contributed by atoms with van der Waals surface area (Å²) in [6, 6.07) is 4.94. The average Bonchev–Trinajstić information content (AvgIpc) is 2.01. The van der Waals surface area contributed by atoms with Crippen LogP contribution >= 0.6 is 0 Å². The minimum Gasteiger partial charge on any atom is -0.478 e. The Morgan fingerprint density at radius 3 is 2.36 bits per heavy atom. The van der Waals surface area contributed by atoms with E-state index in [2.05, 4.69) is 0 Å². The van der Waals surface area contributed by atoms with E-state index < -0.39 is 11.6 Å². The zero-order valence-electron chi connectivity index (χ0n) is 8.53. The van der Waals surface area contributed by atoms with Crippen LogP contribution in [-0.2, 0) is 5.60 Å². The quantitative estimate of drug-likeness (QED) is 0.756. The van der Waals surface area contributed by atoms with Crippen LogP contribution in [0.25, 0.3) is 0 Å². The van der Waals surface area contributed by atoms with E-state index >= 15 is 0 Å². The number of aryl methyl sites for hydroxylation is 1. The normalized spacial score (nSPS) is 11.4. The molecule has 0 spiro atoms. The van der Waals surface area contributed by atoms with Gasteiger partial charge in [-0.3, -0.25) is 0 Å². The predicted octanol–water partition coefficient (Wildman–Crippen LogP) is 1.92. The van der Waals surface area contributed by atoms with Crippen LogP contribution in [0.2, 0.25) is 0 Å². The van der Waals surface area contributed by atoms with Crippen LogP contribution in [0.4, 0.5) is 0 Å². The van der Waals surface area contributed by atoms with Crippen molar-refractivity contribution in [1.82, 2.24) is 0 Å². The number of hydrogen-bond acceptors (Lipinski definition) is 2. The van der Waals surface area contributed by atoms with E-state index in [1.54, 1.807) is 26.0 Å². The first kappa shape index (κ1) is 10.7. The van der Waals surface area contributed by atoms with Gasteiger partial charge in [0.05, 0.1) is 11.2 Å². The molecule has 0 heterocycles. The van der Waals surface area contributed by atoms with Crippen molar-refractivity contribution in [2.75, 3.05) is 0 Å². The highest BCUT2D eigenvalue weighted by molar-refractivity contribution is 5.89. The summed E-state index contributed by atoms with van der Waals surface area (Å²) < 4.78 is 0. The summed E-state index contributed by atoms with van der Waals surface area (Å²) in [6.45, 7) is 5.02. The Balaban J connectivity index is 3.38. The summed E-state index contributed by atoms with van der Waals surface area (Å²) in [6.07, 6.45) is 0. The zero-order chi connectivity index (χ0) is 10.9. The zero-order valence-corrected chi connectivity index (χ0v) is 8.53. The van der Waals surface area contributed by atoms with Crippen molar-refractivity contribution in [3.05, 3.63) is 34.9 Å². The molecule has 1 rings (SSSR count). The molecular weight excluding hydrogens is 180 g/mol. The third kappa shape index (κ3) is 2.12. The first-order valence-electron chi connectivity index (χ1n) is 4.39. The van der Waals surface area contributed by atoms with E-state index in [0.717, 1.165) is 5.56 Å². The van der Waals surface area contributed by atoms with Gasteiger partial charge in [-0.05, 0) is 32.4 Å². The standard InChI is InChI=1S/C11H14O3/c1-7-4-5-8(10(12)13)9(6-7)11(2,3)14/h4-6,14H,1-3H3,(H,12,13). The number of carbonyl (C=O) groups is 1. The minimum absolute atomic E-state index is 0.156. The molecule has 2 N–H and O–H groups in total. The van der Waals surface area contributed by atoms with Crippen molar-refractivity contribution in [1.29, 1.82) is 0 Å². The number of carboxylic acid groups (broad SMARTS) is 1. The van der Waals surface area contributed by atoms with Crippen molar-refractivity contribution in [3.63, 3.8) is 0 Å². The van der Waals surface area contributed by atoms with Gasteiger partial charge in [-0.25, -0.2) is 4.79 Å². The Morgan fingerprint density at radius 1 is 1.36 bits per heavy atom. The van der Waals surface area contributed by atoms with Gasteiger partial charge in [0.25, 0.3) is 0 Å². The monoisotopic (exact) mass is 194 g/mol. The van der Waals surface area contributed by atoms with E-state index in [1.165, 1.54) is 6.07 Å². The molecule has 0 unspecified atom stereocenters. The number of benzene rings is 1. The summed E-state index contributed by atoms with van der Waals surface area (Å²) in [5.41, 5.74) is 0.417. The Kier molecular flexibility index (Phi) is 2.62. The Bertz CT molecular complexity index is 361. The number of carboxylic acids is 1. The molecule has 0 saturated heterocycles. The van der Waals surface area contributed by atoms with Crippen molar-refractivity contribution in [2.45, 2.75) is 26.4 Å². The van der Waals surface area contributed by atoms with E-state index in [1.807, 2.05) is 6.92 Å². The topological polar surface area (TPSA) is 57.5 Å². The van der Waals surface area contributed by atoms with Gasteiger partial charge in [-0.1, -0.05) is 17.7 Å². The highest BCUT2D eigenvalue weighted by Gasteiger charge is 2.22. The second-order valence-corrected chi connectivity index (χ2v) is 3.91. The van der Waals surface area contributed by atoms with Gasteiger partial charge >= 0.3 is 5.97 Å². The summed E-state index contributed by atoms with van der Waals surface area (Å²) in [5.74, 6) is -1.01. The maximum Gasteiger partial charge on any atom is 0.336 e. The lowest BCUT2D eigenvalue weighted by Crippen LogP contribution is -2.20. The summed E-state index contributed by atoms with van der Waals surface area (Å²) in [4.78, 5) is 10.9. The smallest absolute Gasteiger partial charge is 0.336 e. The van der Waals surface area contributed by atoms with E-state index in [-0.39, 0.29) is 5.56 Å². The molecule has 0 aliphatic carbocycles.